The molecule has 1 aromatic rings. The van der Waals surface area contributed by atoms with E-state index < -0.39 is 0 Å². The van der Waals surface area contributed by atoms with Crippen LogP contribution in [0.3, 0.4) is 0 Å². The fraction of sp³-hybridized carbons (Fsp3) is 0.167. The van der Waals surface area contributed by atoms with Gasteiger partial charge < -0.3 is 10.8 Å². The molecule has 0 saturated carbocycles. The highest BCUT2D eigenvalue weighted by atomic mass is 35.5. The number of rotatable bonds is 1. The average Bonchev–Trinajstić information content (AvgIpc) is 1.88. The maximum atomic E-state index is 9.06. The van der Waals surface area contributed by atoms with Crippen molar-refractivity contribution in [3.8, 4) is 5.75 Å². The number of aromatic nitrogens is 1. The second kappa shape index (κ2) is 2.86. The van der Waals surface area contributed by atoms with Crippen molar-refractivity contribution in [3.05, 3.63) is 23.0 Å². The van der Waals surface area contributed by atoms with Gasteiger partial charge in [-0.3, -0.25) is 4.98 Å². The second-order valence-corrected chi connectivity index (χ2v) is 2.26. The van der Waals surface area contributed by atoms with E-state index in [0.29, 0.717) is 10.7 Å². The Bertz CT molecular complexity index is 239. The minimum Gasteiger partial charge on any atom is -0.506 e. The van der Waals surface area contributed by atoms with E-state index in [9.17, 15) is 0 Å². The number of hydrogen-bond donors (Lipinski definition) is 2. The third kappa shape index (κ3) is 1.37. The summed E-state index contributed by atoms with van der Waals surface area (Å²) in [6, 6.07) is 1.41. The Kier molecular flexibility index (Phi) is 2.09. The lowest BCUT2D eigenvalue weighted by Crippen LogP contribution is -1.98. The molecule has 0 amide bonds. The van der Waals surface area contributed by atoms with Gasteiger partial charge in [0.05, 0.1) is 10.7 Å². The van der Waals surface area contributed by atoms with E-state index in [-0.39, 0.29) is 12.3 Å². The normalized spacial score (nSPS) is 9.80. The first-order valence-corrected chi connectivity index (χ1v) is 3.15. The van der Waals surface area contributed by atoms with E-state index in [4.69, 9.17) is 22.4 Å². The molecule has 0 unspecified atom stereocenters. The Balaban J connectivity index is 3.07. The Labute approximate surface area is 63.5 Å². The molecule has 0 saturated heterocycles. The highest BCUT2D eigenvalue weighted by molar-refractivity contribution is 6.30. The summed E-state index contributed by atoms with van der Waals surface area (Å²) in [5, 5.41) is 9.48. The molecule has 1 rings (SSSR count). The summed E-state index contributed by atoms with van der Waals surface area (Å²) in [7, 11) is 0. The van der Waals surface area contributed by atoms with Crippen molar-refractivity contribution in [2.45, 2.75) is 6.54 Å². The molecule has 0 radical (unpaired) electrons. The van der Waals surface area contributed by atoms with Crippen LogP contribution in [0.2, 0.25) is 5.02 Å². The van der Waals surface area contributed by atoms with Crippen LogP contribution in [0.15, 0.2) is 12.3 Å². The minimum absolute atomic E-state index is 0.0509. The summed E-state index contributed by atoms with van der Waals surface area (Å²) in [6.45, 7) is 0.225. The average molecular weight is 159 g/mol. The molecule has 0 aliphatic rings. The van der Waals surface area contributed by atoms with E-state index in [0.717, 1.165) is 0 Å². The molecule has 1 heterocycles. The number of hydrogen-bond acceptors (Lipinski definition) is 3. The molecule has 0 aliphatic carbocycles. The van der Waals surface area contributed by atoms with Crippen LogP contribution in [0.5, 0.6) is 5.75 Å². The molecule has 0 aromatic carbocycles. The Hall–Kier alpha value is -0.800. The lowest BCUT2D eigenvalue weighted by molar-refractivity contribution is 0.464. The third-order valence-corrected chi connectivity index (χ3v) is 1.31. The van der Waals surface area contributed by atoms with E-state index in [1.807, 2.05) is 0 Å². The van der Waals surface area contributed by atoms with Crippen LogP contribution in [-0.4, -0.2) is 10.1 Å². The maximum Gasteiger partial charge on any atom is 0.139 e. The molecule has 0 fully saturated rings. The molecule has 0 aliphatic heterocycles. The summed E-state index contributed by atoms with van der Waals surface area (Å²) in [4.78, 5) is 3.79. The number of aromatic hydroxyl groups is 1. The lowest BCUT2D eigenvalue weighted by atomic mass is 10.3. The lowest BCUT2D eigenvalue weighted by Gasteiger charge is -1.98. The van der Waals surface area contributed by atoms with E-state index >= 15 is 0 Å². The quantitative estimate of drug-likeness (QED) is 0.639. The summed E-state index contributed by atoms with van der Waals surface area (Å²) in [6.07, 6.45) is 1.45. The van der Waals surface area contributed by atoms with Crippen molar-refractivity contribution in [3.63, 3.8) is 0 Å². The molecule has 0 bridgehead atoms. The molecule has 10 heavy (non-hydrogen) atoms. The zero-order chi connectivity index (χ0) is 7.56. The van der Waals surface area contributed by atoms with Gasteiger partial charge in [-0.15, -0.1) is 0 Å². The number of nitrogens with two attached hydrogens (primary N) is 1. The fourth-order valence-corrected chi connectivity index (χ4v) is 0.766. The van der Waals surface area contributed by atoms with E-state index in [1.54, 1.807) is 0 Å². The SMILES string of the molecule is NCc1ncc(Cl)cc1O. The molecule has 54 valence electrons. The highest BCUT2D eigenvalue weighted by Crippen LogP contribution is 2.17. The van der Waals surface area contributed by atoms with Gasteiger partial charge in [0.15, 0.2) is 0 Å². The molecule has 1 aromatic heterocycles. The van der Waals surface area contributed by atoms with Gasteiger partial charge in [0.1, 0.15) is 5.75 Å². The van der Waals surface area contributed by atoms with Gasteiger partial charge in [-0.25, -0.2) is 0 Å². The standard InChI is InChI=1S/C6H7ClN2O/c7-4-1-6(10)5(2-8)9-3-4/h1,3,10H,2,8H2. The monoisotopic (exact) mass is 158 g/mol. The molecule has 3 nitrogen and oxygen atoms in total. The topological polar surface area (TPSA) is 59.1 Å². The van der Waals surface area contributed by atoms with Crippen LogP contribution in [0, 0.1) is 0 Å². The summed E-state index contributed by atoms with van der Waals surface area (Å²) < 4.78 is 0. The van der Waals surface area contributed by atoms with Gasteiger partial charge in [0, 0.05) is 18.8 Å². The van der Waals surface area contributed by atoms with Crippen LogP contribution < -0.4 is 5.73 Å². The van der Waals surface area contributed by atoms with Crippen molar-refractivity contribution in [1.82, 2.24) is 4.98 Å². The molecule has 4 heteroatoms. The predicted molar refractivity (Wildman–Crippen MR) is 38.8 cm³/mol. The van der Waals surface area contributed by atoms with Gasteiger partial charge in [0.25, 0.3) is 0 Å². The smallest absolute Gasteiger partial charge is 0.139 e. The van der Waals surface area contributed by atoms with Crippen molar-refractivity contribution in [2.24, 2.45) is 5.73 Å². The highest BCUT2D eigenvalue weighted by Gasteiger charge is 1.99. The molecular formula is C6H7ClN2O. The van der Waals surface area contributed by atoms with Gasteiger partial charge in [-0.05, 0) is 0 Å². The molecular weight excluding hydrogens is 152 g/mol. The largest absolute Gasteiger partial charge is 0.506 e. The van der Waals surface area contributed by atoms with Crippen LogP contribution in [0.1, 0.15) is 5.69 Å². The number of nitrogens with zero attached hydrogens (tertiary/aromatic N) is 1. The summed E-state index contributed by atoms with van der Waals surface area (Å²) in [5.41, 5.74) is 5.70. The fourth-order valence-electron chi connectivity index (χ4n) is 0.614. The van der Waals surface area contributed by atoms with Crippen LogP contribution >= 0.6 is 11.6 Å². The number of pyridine rings is 1. The zero-order valence-corrected chi connectivity index (χ0v) is 5.97. The predicted octanol–water partition coefficient (Wildman–Crippen LogP) is 0.899. The van der Waals surface area contributed by atoms with E-state index in [1.165, 1.54) is 12.3 Å². The Morgan fingerprint density at radius 2 is 2.40 bits per heavy atom. The van der Waals surface area contributed by atoms with Gasteiger partial charge in [-0.2, -0.15) is 0 Å². The minimum atomic E-state index is 0.0509. The molecule has 0 atom stereocenters. The summed E-state index contributed by atoms with van der Waals surface area (Å²) >= 11 is 5.51. The third-order valence-electron chi connectivity index (χ3n) is 1.11. The van der Waals surface area contributed by atoms with Gasteiger partial charge >= 0.3 is 0 Å². The first kappa shape index (κ1) is 7.31. The second-order valence-electron chi connectivity index (χ2n) is 1.82. The van der Waals surface area contributed by atoms with Crippen molar-refractivity contribution in [1.29, 1.82) is 0 Å². The molecule has 3 N–H and O–H groups in total. The molecule has 0 spiro atoms. The van der Waals surface area contributed by atoms with Crippen molar-refractivity contribution in [2.75, 3.05) is 0 Å². The summed E-state index contributed by atoms with van der Waals surface area (Å²) in [5.74, 6) is 0.0509. The van der Waals surface area contributed by atoms with E-state index in [2.05, 4.69) is 4.98 Å². The maximum absolute atomic E-state index is 9.06. The van der Waals surface area contributed by atoms with Gasteiger partial charge in [0.2, 0.25) is 0 Å². The Morgan fingerprint density at radius 3 is 2.90 bits per heavy atom. The van der Waals surface area contributed by atoms with Crippen LogP contribution in [0.4, 0.5) is 0 Å². The zero-order valence-electron chi connectivity index (χ0n) is 5.21. The Morgan fingerprint density at radius 1 is 1.70 bits per heavy atom. The first-order valence-electron chi connectivity index (χ1n) is 2.77. The van der Waals surface area contributed by atoms with Crippen molar-refractivity contribution < 1.29 is 5.11 Å². The number of halogens is 1. The first-order chi connectivity index (χ1) is 4.74. The van der Waals surface area contributed by atoms with Gasteiger partial charge in [-0.1, -0.05) is 11.6 Å². The van der Waals surface area contributed by atoms with Crippen LogP contribution in [0.25, 0.3) is 0 Å². The van der Waals surface area contributed by atoms with Crippen LogP contribution in [-0.2, 0) is 6.54 Å². The van der Waals surface area contributed by atoms with Crippen molar-refractivity contribution >= 4 is 11.6 Å².